The molecular weight excluding hydrogens is 310 g/mol. The Kier molecular flexibility index (Phi) is 3.88. The van der Waals surface area contributed by atoms with Crippen molar-refractivity contribution >= 4 is 22.5 Å². The number of fused-ring (bicyclic) bond motifs is 2. The highest BCUT2D eigenvalue weighted by Crippen LogP contribution is 2.39. The van der Waals surface area contributed by atoms with Crippen LogP contribution in [0, 0.1) is 0 Å². The molecule has 4 heteroatoms. The van der Waals surface area contributed by atoms with Gasteiger partial charge in [-0.3, -0.25) is 9.78 Å². The number of primary amides is 1. The smallest absolute Gasteiger partial charge is 0.225 e. The van der Waals surface area contributed by atoms with Crippen LogP contribution in [-0.4, -0.2) is 16.9 Å². The summed E-state index contributed by atoms with van der Waals surface area (Å²) in [6.45, 7) is 2.92. The lowest BCUT2D eigenvalue weighted by Gasteiger charge is -2.40. The van der Waals surface area contributed by atoms with Crippen LogP contribution in [0.15, 0.2) is 60.8 Å². The molecule has 0 radical (unpaired) electrons. The molecule has 0 saturated heterocycles. The van der Waals surface area contributed by atoms with Gasteiger partial charge in [-0.15, -0.1) is 0 Å². The van der Waals surface area contributed by atoms with E-state index in [0.717, 1.165) is 35.1 Å². The van der Waals surface area contributed by atoms with Gasteiger partial charge in [-0.25, -0.2) is 0 Å². The fourth-order valence-electron chi connectivity index (χ4n) is 3.87. The molecule has 2 N–H and O–H groups in total. The van der Waals surface area contributed by atoms with Crippen molar-refractivity contribution in [1.29, 1.82) is 0 Å². The molecule has 2 heterocycles. The molecular formula is C21H21N3O. The number of pyridine rings is 1. The van der Waals surface area contributed by atoms with Crippen LogP contribution < -0.4 is 10.6 Å². The fraction of sp³-hybridized carbons (Fsp3) is 0.238. The number of anilines is 1. The lowest BCUT2D eigenvalue weighted by Crippen LogP contribution is -2.41. The van der Waals surface area contributed by atoms with Crippen LogP contribution >= 0.6 is 0 Å². The largest absolute Gasteiger partial charge is 0.369 e. The van der Waals surface area contributed by atoms with Gasteiger partial charge in [-0.05, 0) is 36.6 Å². The van der Waals surface area contributed by atoms with Gasteiger partial charge in [0.25, 0.3) is 0 Å². The molecule has 0 bridgehead atoms. The molecule has 1 aliphatic rings. The number of hydrogen-bond donors (Lipinski definition) is 1. The molecule has 1 aromatic heterocycles. The molecule has 25 heavy (non-hydrogen) atoms. The van der Waals surface area contributed by atoms with Crippen molar-refractivity contribution in [3.8, 4) is 0 Å². The second-order valence-corrected chi connectivity index (χ2v) is 6.72. The molecule has 0 fully saturated rings. The third kappa shape index (κ3) is 2.74. The van der Waals surface area contributed by atoms with E-state index in [-0.39, 0.29) is 17.9 Å². The van der Waals surface area contributed by atoms with Crippen LogP contribution in [-0.2, 0) is 11.3 Å². The van der Waals surface area contributed by atoms with Crippen LogP contribution in [0.4, 0.5) is 5.69 Å². The van der Waals surface area contributed by atoms with E-state index >= 15 is 0 Å². The summed E-state index contributed by atoms with van der Waals surface area (Å²) in [4.78, 5) is 18.8. The zero-order valence-corrected chi connectivity index (χ0v) is 14.2. The Hall–Kier alpha value is -2.88. The molecule has 0 unspecified atom stereocenters. The zero-order chi connectivity index (χ0) is 17.4. The lowest BCUT2D eigenvalue weighted by atomic mass is 9.85. The topological polar surface area (TPSA) is 59.2 Å². The first-order valence-electron chi connectivity index (χ1n) is 8.62. The molecule has 1 aliphatic heterocycles. The minimum Gasteiger partial charge on any atom is -0.369 e. The summed E-state index contributed by atoms with van der Waals surface area (Å²) in [6.07, 6.45) is 2.58. The normalized spacial score (nSPS) is 19.6. The minimum atomic E-state index is -0.245. The van der Waals surface area contributed by atoms with E-state index in [4.69, 9.17) is 5.73 Å². The summed E-state index contributed by atoms with van der Waals surface area (Å²) in [5.41, 5.74) is 10.00. The van der Waals surface area contributed by atoms with E-state index in [2.05, 4.69) is 47.1 Å². The summed E-state index contributed by atoms with van der Waals surface area (Å²) >= 11 is 0. The summed E-state index contributed by atoms with van der Waals surface area (Å²) in [7, 11) is 0. The highest BCUT2D eigenvalue weighted by molar-refractivity contribution is 5.86. The Morgan fingerprint density at radius 1 is 1.16 bits per heavy atom. The predicted molar refractivity (Wildman–Crippen MR) is 100 cm³/mol. The van der Waals surface area contributed by atoms with Crippen molar-refractivity contribution in [3.05, 3.63) is 71.9 Å². The van der Waals surface area contributed by atoms with Gasteiger partial charge < -0.3 is 10.6 Å². The van der Waals surface area contributed by atoms with E-state index in [1.54, 1.807) is 0 Å². The van der Waals surface area contributed by atoms with E-state index in [1.807, 2.05) is 30.5 Å². The first-order valence-corrected chi connectivity index (χ1v) is 8.62. The van der Waals surface area contributed by atoms with Crippen LogP contribution in [0.2, 0.25) is 0 Å². The summed E-state index contributed by atoms with van der Waals surface area (Å²) < 4.78 is 0. The van der Waals surface area contributed by atoms with Gasteiger partial charge in [0.15, 0.2) is 0 Å². The maximum absolute atomic E-state index is 11.9. The van der Waals surface area contributed by atoms with E-state index < -0.39 is 0 Å². The van der Waals surface area contributed by atoms with Crippen molar-refractivity contribution in [3.63, 3.8) is 0 Å². The predicted octanol–water partition coefficient (Wildman–Crippen LogP) is 3.60. The Morgan fingerprint density at radius 2 is 1.96 bits per heavy atom. The fourth-order valence-corrected chi connectivity index (χ4v) is 3.87. The third-order valence-electron chi connectivity index (χ3n) is 5.13. The number of benzene rings is 2. The van der Waals surface area contributed by atoms with Gasteiger partial charge in [0.1, 0.15) is 0 Å². The van der Waals surface area contributed by atoms with Crippen LogP contribution in [0.3, 0.4) is 0 Å². The Balaban J connectivity index is 1.77. The number of carbonyl (C=O) groups is 1. The van der Waals surface area contributed by atoms with Crippen molar-refractivity contribution in [2.75, 3.05) is 4.90 Å². The molecule has 0 spiro atoms. The summed E-state index contributed by atoms with van der Waals surface area (Å²) in [5.74, 6) is -0.459. The lowest BCUT2D eigenvalue weighted by molar-refractivity contribution is -0.119. The van der Waals surface area contributed by atoms with Gasteiger partial charge in [0.2, 0.25) is 5.91 Å². The number of rotatable bonds is 3. The van der Waals surface area contributed by atoms with Gasteiger partial charge in [-0.2, -0.15) is 0 Å². The third-order valence-corrected chi connectivity index (χ3v) is 5.13. The quantitative estimate of drug-likeness (QED) is 0.798. The highest BCUT2D eigenvalue weighted by atomic mass is 16.1. The van der Waals surface area contributed by atoms with Crippen molar-refractivity contribution in [2.45, 2.75) is 31.8 Å². The van der Waals surface area contributed by atoms with Gasteiger partial charge in [-0.1, -0.05) is 42.5 Å². The monoisotopic (exact) mass is 331 g/mol. The number of amides is 1. The number of para-hydroxylation sites is 2. The SMILES string of the molecule is C[C@@H]1C[C@H](C(N)=O)c2ccccc2N1Cc1cccc2cccnc12. The minimum absolute atomic E-state index is 0.215. The second-order valence-electron chi connectivity index (χ2n) is 6.72. The number of aromatic nitrogens is 1. The molecule has 3 aromatic rings. The number of nitrogens with two attached hydrogens (primary N) is 1. The van der Waals surface area contributed by atoms with Crippen molar-refractivity contribution in [2.24, 2.45) is 5.73 Å². The number of nitrogens with zero attached hydrogens (tertiary/aromatic N) is 2. The van der Waals surface area contributed by atoms with Crippen molar-refractivity contribution in [1.82, 2.24) is 4.98 Å². The summed E-state index contributed by atoms with van der Waals surface area (Å²) in [5, 5.41) is 1.15. The molecule has 0 aliphatic carbocycles. The molecule has 4 rings (SSSR count). The first-order chi connectivity index (χ1) is 12.1. The molecule has 126 valence electrons. The summed E-state index contributed by atoms with van der Waals surface area (Å²) in [6, 6.07) is 18.7. The van der Waals surface area contributed by atoms with Crippen LogP contribution in [0.25, 0.3) is 10.9 Å². The second kappa shape index (κ2) is 6.20. The van der Waals surface area contributed by atoms with Gasteiger partial charge in [0.05, 0.1) is 11.4 Å². The zero-order valence-electron chi connectivity index (χ0n) is 14.2. The average Bonchev–Trinajstić information content (AvgIpc) is 2.63. The van der Waals surface area contributed by atoms with Gasteiger partial charge >= 0.3 is 0 Å². The van der Waals surface area contributed by atoms with Crippen LogP contribution in [0.5, 0.6) is 0 Å². The molecule has 1 amide bonds. The van der Waals surface area contributed by atoms with E-state index in [1.165, 1.54) is 5.56 Å². The first kappa shape index (κ1) is 15.6. The standard InChI is InChI=1S/C21H21N3O/c1-14-12-18(21(22)25)17-9-2-3-10-19(17)24(14)13-16-7-4-6-15-8-5-11-23-20(15)16/h2-11,14,18H,12-13H2,1H3,(H2,22,25)/t14-,18+/m1/s1. The average molecular weight is 331 g/mol. The highest BCUT2D eigenvalue weighted by Gasteiger charge is 2.33. The maximum Gasteiger partial charge on any atom is 0.225 e. The van der Waals surface area contributed by atoms with Gasteiger partial charge in [0, 0.05) is 29.9 Å². The molecule has 2 aromatic carbocycles. The molecule has 2 atom stereocenters. The molecule has 4 nitrogen and oxygen atoms in total. The Bertz CT molecular complexity index is 932. The van der Waals surface area contributed by atoms with E-state index in [9.17, 15) is 4.79 Å². The number of carbonyl (C=O) groups excluding carboxylic acids is 1. The Labute approximate surface area is 147 Å². The van der Waals surface area contributed by atoms with Crippen molar-refractivity contribution < 1.29 is 4.79 Å². The Morgan fingerprint density at radius 3 is 2.80 bits per heavy atom. The molecule has 0 saturated carbocycles. The van der Waals surface area contributed by atoms with E-state index in [0.29, 0.717) is 0 Å². The maximum atomic E-state index is 11.9. The number of hydrogen-bond acceptors (Lipinski definition) is 3. The van der Waals surface area contributed by atoms with Crippen LogP contribution in [0.1, 0.15) is 30.4 Å².